The Kier molecular flexibility index (Phi) is 5.40. The predicted molar refractivity (Wildman–Crippen MR) is 60.7 cm³/mol. The molecular formula is C12H21NO2. The van der Waals surface area contributed by atoms with E-state index in [0.717, 1.165) is 6.54 Å². The average molecular weight is 211 g/mol. The average Bonchev–Trinajstić information content (AvgIpc) is 2.27. The molecule has 0 aromatic carbocycles. The maximum Gasteiger partial charge on any atom is 0.307 e. The monoisotopic (exact) mass is 211 g/mol. The van der Waals surface area contributed by atoms with Gasteiger partial charge in [0, 0.05) is 12.6 Å². The zero-order chi connectivity index (χ0) is 11.1. The summed E-state index contributed by atoms with van der Waals surface area (Å²) in [5.41, 5.74) is 0. The van der Waals surface area contributed by atoms with Crippen LogP contribution < -0.4 is 0 Å². The fraction of sp³-hybridized carbons (Fsp3) is 0.750. The van der Waals surface area contributed by atoms with Gasteiger partial charge in [-0.2, -0.15) is 0 Å². The number of ether oxygens (including phenoxy) is 1. The van der Waals surface area contributed by atoms with E-state index < -0.39 is 0 Å². The Bertz CT molecular complexity index is 226. The first-order chi connectivity index (χ1) is 7.24. The van der Waals surface area contributed by atoms with Crippen molar-refractivity contribution in [3.8, 4) is 0 Å². The second-order valence-electron chi connectivity index (χ2n) is 3.96. The highest BCUT2D eigenvalue weighted by atomic mass is 16.5. The SMILES string of the molecule is CCOC(=O)CCN(C)[C@H]1C=CCCC1. The van der Waals surface area contributed by atoms with E-state index in [1.54, 1.807) is 0 Å². The summed E-state index contributed by atoms with van der Waals surface area (Å²) in [6.07, 6.45) is 8.63. The minimum atomic E-state index is -0.0934. The molecular weight excluding hydrogens is 190 g/mol. The standard InChI is InChI=1S/C12H21NO2/c1-3-15-12(14)9-10-13(2)11-7-5-4-6-8-11/h5,7,11H,3-4,6,8-10H2,1-2H3/t11-/m0/s1. The van der Waals surface area contributed by atoms with Crippen LogP contribution in [0.2, 0.25) is 0 Å². The maximum absolute atomic E-state index is 11.2. The first-order valence-corrected chi connectivity index (χ1v) is 5.76. The Hall–Kier alpha value is -0.830. The molecule has 1 aliphatic carbocycles. The van der Waals surface area contributed by atoms with Crippen LogP contribution in [0.15, 0.2) is 12.2 Å². The molecule has 0 saturated carbocycles. The Balaban J connectivity index is 2.22. The second-order valence-corrected chi connectivity index (χ2v) is 3.96. The quantitative estimate of drug-likeness (QED) is 0.514. The van der Waals surface area contributed by atoms with Crippen molar-refractivity contribution < 1.29 is 9.53 Å². The summed E-state index contributed by atoms with van der Waals surface area (Å²) >= 11 is 0. The minimum Gasteiger partial charge on any atom is -0.466 e. The Morgan fingerprint density at radius 3 is 3.00 bits per heavy atom. The van der Waals surface area contributed by atoms with Crippen LogP contribution in [0.25, 0.3) is 0 Å². The van der Waals surface area contributed by atoms with Crippen molar-refractivity contribution >= 4 is 5.97 Å². The number of hydrogen-bond acceptors (Lipinski definition) is 3. The van der Waals surface area contributed by atoms with Gasteiger partial charge in [0.2, 0.25) is 0 Å². The van der Waals surface area contributed by atoms with Crippen molar-refractivity contribution in [3.05, 3.63) is 12.2 Å². The number of allylic oxidation sites excluding steroid dienone is 1. The molecule has 3 nitrogen and oxygen atoms in total. The molecule has 86 valence electrons. The van der Waals surface area contributed by atoms with Gasteiger partial charge < -0.3 is 4.74 Å². The highest BCUT2D eigenvalue weighted by Crippen LogP contribution is 2.15. The largest absolute Gasteiger partial charge is 0.466 e. The maximum atomic E-state index is 11.2. The van der Waals surface area contributed by atoms with Gasteiger partial charge in [0.25, 0.3) is 0 Å². The molecule has 3 heteroatoms. The number of carbonyl (C=O) groups excluding carboxylic acids is 1. The van der Waals surface area contributed by atoms with E-state index in [4.69, 9.17) is 4.74 Å². The Morgan fingerprint density at radius 1 is 1.60 bits per heavy atom. The first-order valence-electron chi connectivity index (χ1n) is 5.76. The molecule has 15 heavy (non-hydrogen) atoms. The Labute approximate surface area is 92.1 Å². The smallest absolute Gasteiger partial charge is 0.307 e. The highest BCUT2D eigenvalue weighted by molar-refractivity contribution is 5.69. The van der Waals surface area contributed by atoms with Crippen molar-refractivity contribution in [2.75, 3.05) is 20.2 Å². The van der Waals surface area contributed by atoms with Crippen molar-refractivity contribution in [1.29, 1.82) is 0 Å². The van der Waals surface area contributed by atoms with Crippen molar-refractivity contribution in [2.24, 2.45) is 0 Å². The number of esters is 1. The lowest BCUT2D eigenvalue weighted by atomic mass is 10.0. The third-order valence-electron chi connectivity index (χ3n) is 2.77. The number of rotatable bonds is 5. The van der Waals surface area contributed by atoms with Gasteiger partial charge in [0.1, 0.15) is 0 Å². The molecule has 0 spiro atoms. The second kappa shape index (κ2) is 6.62. The van der Waals surface area contributed by atoms with E-state index in [1.165, 1.54) is 19.3 Å². The number of nitrogens with zero attached hydrogens (tertiary/aromatic N) is 1. The molecule has 0 unspecified atom stereocenters. The van der Waals surface area contributed by atoms with Crippen LogP contribution in [0, 0.1) is 0 Å². The van der Waals surface area contributed by atoms with Gasteiger partial charge in [0.05, 0.1) is 13.0 Å². The van der Waals surface area contributed by atoms with Crippen molar-refractivity contribution in [3.63, 3.8) is 0 Å². The third kappa shape index (κ3) is 4.47. The molecule has 0 aromatic heterocycles. The van der Waals surface area contributed by atoms with Crippen molar-refractivity contribution in [2.45, 2.75) is 38.6 Å². The normalized spacial score (nSPS) is 20.6. The third-order valence-corrected chi connectivity index (χ3v) is 2.77. The lowest BCUT2D eigenvalue weighted by Crippen LogP contribution is -2.33. The van der Waals surface area contributed by atoms with Crippen LogP contribution in [0.3, 0.4) is 0 Å². The van der Waals surface area contributed by atoms with Gasteiger partial charge in [-0.05, 0) is 33.2 Å². The molecule has 1 aliphatic rings. The summed E-state index contributed by atoms with van der Waals surface area (Å²) < 4.78 is 4.90. The van der Waals surface area contributed by atoms with E-state index in [1.807, 2.05) is 6.92 Å². The van der Waals surface area contributed by atoms with E-state index in [2.05, 4.69) is 24.1 Å². The van der Waals surface area contributed by atoms with Crippen LogP contribution in [0.5, 0.6) is 0 Å². The molecule has 0 fully saturated rings. The fourth-order valence-electron chi connectivity index (χ4n) is 1.83. The molecule has 0 aliphatic heterocycles. The van der Waals surface area contributed by atoms with E-state index in [-0.39, 0.29) is 5.97 Å². The zero-order valence-corrected chi connectivity index (χ0v) is 9.74. The summed E-state index contributed by atoms with van der Waals surface area (Å²) in [4.78, 5) is 13.4. The molecule has 0 amide bonds. The van der Waals surface area contributed by atoms with E-state index in [9.17, 15) is 4.79 Å². The molecule has 0 heterocycles. The van der Waals surface area contributed by atoms with Crippen LogP contribution >= 0.6 is 0 Å². The summed E-state index contributed by atoms with van der Waals surface area (Å²) in [6.45, 7) is 3.10. The van der Waals surface area contributed by atoms with Crippen LogP contribution in [0.4, 0.5) is 0 Å². The summed E-state index contributed by atoms with van der Waals surface area (Å²) in [6, 6.07) is 0.508. The summed E-state index contributed by atoms with van der Waals surface area (Å²) in [5.74, 6) is -0.0934. The van der Waals surface area contributed by atoms with E-state index >= 15 is 0 Å². The molecule has 0 aromatic rings. The zero-order valence-electron chi connectivity index (χ0n) is 9.74. The Morgan fingerprint density at radius 2 is 2.40 bits per heavy atom. The minimum absolute atomic E-state index is 0.0934. The van der Waals surface area contributed by atoms with Crippen LogP contribution in [0.1, 0.15) is 32.6 Å². The van der Waals surface area contributed by atoms with Gasteiger partial charge in [-0.1, -0.05) is 12.2 Å². The van der Waals surface area contributed by atoms with Crippen LogP contribution in [-0.2, 0) is 9.53 Å². The predicted octanol–water partition coefficient (Wildman–Crippen LogP) is 1.98. The number of likely N-dealkylation sites (N-methyl/N-ethyl adjacent to an activating group) is 1. The van der Waals surface area contributed by atoms with Gasteiger partial charge in [-0.3, -0.25) is 9.69 Å². The molecule has 0 saturated heterocycles. The first kappa shape index (κ1) is 12.2. The molecule has 0 bridgehead atoms. The van der Waals surface area contributed by atoms with Gasteiger partial charge in [0.15, 0.2) is 0 Å². The molecule has 1 rings (SSSR count). The van der Waals surface area contributed by atoms with Gasteiger partial charge in [-0.25, -0.2) is 0 Å². The lowest BCUT2D eigenvalue weighted by molar-refractivity contribution is -0.143. The highest BCUT2D eigenvalue weighted by Gasteiger charge is 2.14. The van der Waals surface area contributed by atoms with E-state index in [0.29, 0.717) is 19.1 Å². The lowest BCUT2D eigenvalue weighted by Gasteiger charge is -2.27. The molecule has 1 atom stereocenters. The molecule has 0 radical (unpaired) electrons. The fourth-order valence-corrected chi connectivity index (χ4v) is 1.83. The van der Waals surface area contributed by atoms with Crippen LogP contribution in [-0.4, -0.2) is 37.1 Å². The van der Waals surface area contributed by atoms with Gasteiger partial charge >= 0.3 is 5.97 Å². The van der Waals surface area contributed by atoms with Crippen molar-refractivity contribution in [1.82, 2.24) is 4.90 Å². The number of hydrogen-bond donors (Lipinski definition) is 0. The topological polar surface area (TPSA) is 29.5 Å². The summed E-state index contributed by atoms with van der Waals surface area (Å²) in [5, 5.41) is 0. The van der Waals surface area contributed by atoms with Gasteiger partial charge in [-0.15, -0.1) is 0 Å². The molecule has 0 N–H and O–H groups in total. The number of carbonyl (C=O) groups is 1. The summed E-state index contributed by atoms with van der Waals surface area (Å²) in [7, 11) is 2.07.